The van der Waals surface area contributed by atoms with E-state index in [1.54, 1.807) is 4.90 Å². The van der Waals surface area contributed by atoms with E-state index in [1.807, 2.05) is 82.3 Å². The second-order valence-electron chi connectivity index (χ2n) is 10.8. The molecule has 2 aliphatic rings. The molecule has 202 valence electrons. The molecule has 2 aromatic rings. The Morgan fingerprint density at radius 1 is 0.974 bits per heavy atom. The van der Waals surface area contributed by atoms with E-state index >= 15 is 0 Å². The number of rotatable bonds is 8. The summed E-state index contributed by atoms with van der Waals surface area (Å²) in [4.78, 5) is 39.2. The number of likely N-dealkylation sites (tertiary alicyclic amines) is 1. The molecule has 2 saturated heterocycles. The summed E-state index contributed by atoms with van der Waals surface area (Å²) in [5, 5.41) is 2.72. The highest BCUT2D eigenvalue weighted by Gasteiger charge is 2.51. The Kier molecular flexibility index (Phi) is 8.13. The van der Waals surface area contributed by atoms with Crippen LogP contribution in [0.25, 0.3) is 0 Å². The highest BCUT2D eigenvalue weighted by molar-refractivity contribution is 6.62. The first-order chi connectivity index (χ1) is 18.0. The predicted molar refractivity (Wildman–Crippen MR) is 141 cm³/mol. The zero-order valence-electron chi connectivity index (χ0n) is 22.6. The maximum atomic E-state index is 13.3. The lowest BCUT2D eigenvalue weighted by Crippen LogP contribution is -2.59. The van der Waals surface area contributed by atoms with Crippen molar-refractivity contribution in [2.45, 2.75) is 58.0 Å². The van der Waals surface area contributed by atoms with Crippen LogP contribution in [0.1, 0.15) is 38.8 Å². The molecule has 4 rings (SSSR count). The standard InChI is InChI=1S/C28H35BN2O7/c1-27(2)28(3,4)38-29(37-27)22-13-11-19(12-14-22)15-23(24(32)31-16-21(17-31)25(33)35-5)30-26(34)36-18-20-9-7-6-8-10-20/h6-14,21,23H,15-18H2,1-5H3,(H,30,34). The van der Waals surface area contributed by atoms with E-state index in [1.165, 1.54) is 7.11 Å². The molecule has 0 aliphatic carbocycles. The monoisotopic (exact) mass is 522 g/mol. The number of benzene rings is 2. The summed E-state index contributed by atoms with van der Waals surface area (Å²) in [7, 11) is 0.835. The molecule has 2 amide bonds. The SMILES string of the molecule is COC(=O)C1CN(C(=O)C(Cc2ccc(B3OC(C)(C)C(C)(C)O3)cc2)NC(=O)OCc2ccccc2)C1. The highest BCUT2D eigenvalue weighted by atomic mass is 16.7. The molecule has 1 N–H and O–H groups in total. The summed E-state index contributed by atoms with van der Waals surface area (Å²) in [6, 6.07) is 16.0. The molecular formula is C28H35BN2O7. The van der Waals surface area contributed by atoms with E-state index in [9.17, 15) is 14.4 Å². The smallest absolute Gasteiger partial charge is 0.469 e. The van der Waals surface area contributed by atoms with Crippen molar-refractivity contribution in [3.8, 4) is 0 Å². The van der Waals surface area contributed by atoms with E-state index in [0.29, 0.717) is 0 Å². The Morgan fingerprint density at radius 2 is 1.58 bits per heavy atom. The third-order valence-electron chi connectivity index (χ3n) is 7.48. The van der Waals surface area contributed by atoms with E-state index in [2.05, 4.69) is 5.32 Å². The van der Waals surface area contributed by atoms with Crippen LogP contribution in [0.15, 0.2) is 54.6 Å². The van der Waals surface area contributed by atoms with Gasteiger partial charge in [0.05, 0.1) is 24.2 Å². The van der Waals surface area contributed by atoms with Crippen LogP contribution >= 0.6 is 0 Å². The number of alkyl carbamates (subject to hydrolysis) is 1. The van der Waals surface area contributed by atoms with E-state index in [0.717, 1.165) is 16.6 Å². The fourth-order valence-corrected chi connectivity index (χ4v) is 4.33. The van der Waals surface area contributed by atoms with Crippen molar-refractivity contribution in [2.24, 2.45) is 5.92 Å². The number of carbonyl (C=O) groups excluding carboxylic acids is 3. The van der Waals surface area contributed by atoms with Crippen molar-refractivity contribution in [1.82, 2.24) is 10.2 Å². The molecule has 2 aliphatic heterocycles. The molecular weight excluding hydrogens is 487 g/mol. The molecule has 10 heteroatoms. The van der Waals surface area contributed by atoms with Crippen molar-refractivity contribution < 1.29 is 33.2 Å². The van der Waals surface area contributed by atoms with Crippen LogP contribution in [-0.4, -0.2) is 67.4 Å². The van der Waals surface area contributed by atoms with Crippen LogP contribution in [-0.2, 0) is 41.4 Å². The number of carbonyl (C=O) groups is 3. The molecule has 0 bridgehead atoms. The minimum Gasteiger partial charge on any atom is -0.469 e. The minimum atomic E-state index is -0.862. The van der Waals surface area contributed by atoms with Gasteiger partial charge in [-0.3, -0.25) is 9.59 Å². The quantitative estimate of drug-likeness (QED) is 0.420. The highest BCUT2D eigenvalue weighted by Crippen LogP contribution is 2.36. The number of nitrogens with one attached hydrogen (secondary N) is 1. The number of ether oxygens (including phenoxy) is 2. The Bertz CT molecular complexity index is 1130. The molecule has 1 unspecified atom stereocenters. The summed E-state index contributed by atoms with van der Waals surface area (Å²) in [5.41, 5.74) is 1.66. The van der Waals surface area contributed by atoms with Crippen molar-refractivity contribution in [1.29, 1.82) is 0 Å². The van der Waals surface area contributed by atoms with Gasteiger partial charge in [0.1, 0.15) is 12.6 Å². The number of methoxy groups -OCH3 is 1. The predicted octanol–water partition coefficient (Wildman–Crippen LogP) is 2.45. The Balaban J connectivity index is 1.42. The molecule has 2 heterocycles. The van der Waals surface area contributed by atoms with Crippen LogP contribution in [0.4, 0.5) is 4.79 Å². The van der Waals surface area contributed by atoms with Gasteiger partial charge in [-0.25, -0.2) is 4.79 Å². The van der Waals surface area contributed by atoms with Crippen molar-refractivity contribution in [3.05, 3.63) is 65.7 Å². The van der Waals surface area contributed by atoms with Gasteiger partial charge in [-0.05, 0) is 44.3 Å². The van der Waals surface area contributed by atoms with E-state index in [4.69, 9.17) is 18.8 Å². The molecule has 38 heavy (non-hydrogen) atoms. The number of hydrogen-bond donors (Lipinski definition) is 1. The number of esters is 1. The van der Waals surface area contributed by atoms with Gasteiger partial charge in [-0.2, -0.15) is 0 Å². The van der Waals surface area contributed by atoms with Gasteiger partial charge in [0.2, 0.25) is 5.91 Å². The first-order valence-corrected chi connectivity index (χ1v) is 12.8. The molecule has 0 aromatic heterocycles. The van der Waals surface area contributed by atoms with Gasteiger partial charge >= 0.3 is 19.2 Å². The lowest BCUT2D eigenvalue weighted by atomic mass is 9.78. The summed E-state index contributed by atoms with van der Waals surface area (Å²) in [6.45, 7) is 8.60. The van der Waals surface area contributed by atoms with Crippen LogP contribution < -0.4 is 10.8 Å². The minimum absolute atomic E-state index is 0.0878. The van der Waals surface area contributed by atoms with Gasteiger partial charge < -0.3 is 29.0 Å². The van der Waals surface area contributed by atoms with Crippen LogP contribution in [0.3, 0.4) is 0 Å². The second kappa shape index (κ2) is 11.2. The maximum absolute atomic E-state index is 13.3. The van der Waals surface area contributed by atoms with Crippen molar-refractivity contribution >= 4 is 30.6 Å². The second-order valence-corrected chi connectivity index (χ2v) is 10.8. The fourth-order valence-electron chi connectivity index (χ4n) is 4.33. The average molecular weight is 522 g/mol. The van der Waals surface area contributed by atoms with Gasteiger partial charge in [0, 0.05) is 19.5 Å². The van der Waals surface area contributed by atoms with E-state index < -0.39 is 30.5 Å². The zero-order valence-corrected chi connectivity index (χ0v) is 22.6. The van der Waals surface area contributed by atoms with Crippen molar-refractivity contribution in [3.63, 3.8) is 0 Å². The lowest BCUT2D eigenvalue weighted by Gasteiger charge is -2.39. The topological polar surface area (TPSA) is 103 Å². The average Bonchev–Trinajstić information content (AvgIpc) is 3.08. The van der Waals surface area contributed by atoms with Gasteiger partial charge in [0.25, 0.3) is 0 Å². The lowest BCUT2D eigenvalue weighted by molar-refractivity contribution is -0.156. The van der Waals surface area contributed by atoms with E-state index in [-0.39, 0.29) is 43.9 Å². The number of hydrogen-bond acceptors (Lipinski definition) is 7. The Hall–Kier alpha value is -3.37. The van der Waals surface area contributed by atoms with Crippen molar-refractivity contribution in [2.75, 3.05) is 20.2 Å². The van der Waals surface area contributed by atoms with Gasteiger partial charge in [0.15, 0.2) is 0 Å². The Labute approximate surface area is 223 Å². The molecule has 0 saturated carbocycles. The Morgan fingerprint density at radius 3 is 2.16 bits per heavy atom. The normalized spacial score (nSPS) is 18.9. The third kappa shape index (κ3) is 6.19. The van der Waals surface area contributed by atoms with Gasteiger partial charge in [-0.15, -0.1) is 0 Å². The first kappa shape index (κ1) is 27.7. The molecule has 0 radical (unpaired) electrons. The third-order valence-corrected chi connectivity index (χ3v) is 7.48. The van der Waals surface area contributed by atoms with Crippen LogP contribution in [0.5, 0.6) is 0 Å². The number of nitrogens with zero attached hydrogens (tertiary/aromatic N) is 1. The maximum Gasteiger partial charge on any atom is 0.494 e. The number of amides is 2. The van der Waals surface area contributed by atoms with Crippen LogP contribution in [0, 0.1) is 5.92 Å². The first-order valence-electron chi connectivity index (χ1n) is 12.8. The summed E-state index contributed by atoms with van der Waals surface area (Å²) < 4.78 is 22.4. The summed E-state index contributed by atoms with van der Waals surface area (Å²) in [6.07, 6.45) is -0.437. The fraction of sp³-hybridized carbons (Fsp3) is 0.464. The largest absolute Gasteiger partial charge is 0.494 e. The molecule has 2 aromatic carbocycles. The molecule has 9 nitrogen and oxygen atoms in total. The molecule has 1 atom stereocenters. The summed E-state index contributed by atoms with van der Waals surface area (Å²) >= 11 is 0. The zero-order chi connectivity index (χ0) is 27.5. The molecule has 2 fully saturated rings. The van der Waals surface area contributed by atoms with Crippen LogP contribution in [0.2, 0.25) is 0 Å². The van der Waals surface area contributed by atoms with Gasteiger partial charge in [-0.1, -0.05) is 54.6 Å². The molecule has 0 spiro atoms. The summed E-state index contributed by atoms with van der Waals surface area (Å²) in [5.74, 6) is -0.982.